The third-order valence-electron chi connectivity index (χ3n) is 0. The maximum atomic E-state index is 5.75. The monoisotopic (exact) mass is 168 g/mol. The molecule has 0 atom stereocenters. The molecule has 0 amide bonds. The molecule has 0 aromatic heterocycles. The van der Waals surface area contributed by atoms with Gasteiger partial charge in [-0.05, 0) is 0 Å². The first-order valence-corrected chi connectivity index (χ1v) is 2.00. The quantitative estimate of drug-likeness (QED) is 0.497. The van der Waals surface area contributed by atoms with Crippen LogP contribution < -0.4 is 0 Å². The van der Waals surface area contributed by atoms with Crippen LogP contribution in [0.2, 0.25) is 0 Å². The Bertz CT molecular complexity index is 12.5. The molecule has 0 saturated heterocycles. The number of hydrogen-bond donors (Lipinski definition) is 0. The van der Waals surface area contributed by atoms with Crippen molar-refractivity contribution in [3.8, 4) is 0 Å². The van der Waals surface area contributed by atoms with Crippen molar-refractivity contribution in [3.63, 3.8) is 0 Å². The maximum absolute atomic E-state index is 5.75. The summed E-state index contributed by atoms with van der Waals surface area (Å²) < 4.78 is 0. The van der Waals surface area contributed by atoms with E-state index in [0.29, 0.717) is 0 Å². The van der Waals surface area contributed by atoms with Crippen LogP contribution in [0, 0.1) is 0 Å². The Kier molecular flexibility index (Phi) is 5950. The van der Waals surface area contributed by atoms with Gasteiger partial charge in [-0.1, -0.05) is 0 Å². The van der Waals surface area contributed by atoms with Gasteiger partial charge < -0.3 is 22.9 Å². The van der Waals surface area contributed by atoms with E-state index in [0.717, 1.165) is 0 Å². The summed E-state index contributed by atoms with van der Waals surface area (Å²) in [6.07, 6.45) is 0. The minimum absolute atomic E-state index is 0. The summed E-state index contributed by atoms with van der Waals surface area (Å²) >= 11 is 0. The summed E-state index contributed by atoms with van der Waals surface area (Å²) in [5.74, 6) is 0. The van der Waals surface area contributed by atoms with Gasteiger partial charge >= 0.3 is 21.7 Å². The fourth-order valence-electron chi connectivity index (χ4n) is 0. The summed E-state index contributed by atoms with van der Waals surface area (Å²) in [4.78, 5) is 0. The fourth-order valence-corrected chi connectivity index (χ4v) is 0. The van der Waals surface area contributed by atoms with Gasteiger partial charge in [0.2, 0.25) is 0 Å². The zero-order valence-corrected chi connectivity index (χ0v) is 8.06. The van der Waals surface area contributed by atoms with Crippen molar-refractivity contribution in [2.45, 2.75) is 0 Å². The topological polar surface area (TPSA) is 95.2 Å². The van der Waals surface area contributed by atoms with E-state index in [9.17, 15) is 0 Å². The van der Waals surface area contributed by atoms with Crippen LogP contribution in [0.4, 0.5) is 0 Å². The van der Waals surface area contributed by atoms with Gasteiger partial charge in [-0.25, -0.2) is 0 Å². The van der Waals surface area contributed by atoms with Gasteiger partial charge in [0, 0.05) is 0 Å². The minimum atomic E-state index is 0. The molecule has 0 aliphatic heterocycles. The molecule has 0 aliphatic rings. The molecule has 4 nitrogen and oxygen atoms in total. The van der Waals surface area contributed by atoms with Crippen molar-refractivity contribution in [3.05, 3.63) is 22.9 Å². The largest absolute Gasteiger partial charge is 4.00 e. The smallest absolute Gasteiger partial charge is 0.680 e. The normalized spacial score (nSPS) is 2.67. The van der Waals surface area contributed by atoms with E-state index in [-0.39, 0.29) is 21.7 Å². The average Bonchev–Trinajstić information content (AvgIpc) is 2.03. The Labute approximate surface area is 73.2 Å². The molecule has 9 heavy (non-hydrogen) atoms. The molecule has 0 rings (SSSR count). The Morgan fingerprint density at radius 3 is 0.444 bits per heavy atom. The van der Waals surface area contributed by atoms with Crippen molar-refractivity contribution in [1.82, 2.24) is 0 Å². The molecule has 0 heterocycles. The van der Waals surface area contributed by atoms with E-state index >= 15 is 0 Å². The molecule has 0 unspecified atom stereocenters. The molecule has 0 fully saturated rings. The molecule has 0 spiro atoms. The van der Waals surface area contributed by atoms with Gasteiger partial charge in [0.1, 0.15) is 0 Å². The number of hydrogen-bond acceptors (Lipinski definition) is 0. The van der Waals surface area contributed by atoms with Gasteiger partial charge in [-0.15, -0.1) is 0 Å². The van der Waals surface area contributed by atoms with Gasteiger partial charge in [-0.3, -0.25) is 0 Å². The molecule has 0 aromatic rings. The molecule has 0 bridgehead atoms. The van der Waals surface area contributed by atoms with Gasteiger partial charge in [0.05, 0.1) is 0 Å². The number of rotatable bonds is 0. The van der Waals surface area contributed by atoms with Crippen LogP contribution in [-0.2, 0) is 21.7 Å². The molecule has 0 aliphatic carbocycles. The molecule has 0 aromatic carbocycles. The first-order chi connectivity index (χ1) is 4.00. The van der Waals surface area contributed by atoms with Gasteiger partial charge in [0.15, 0.2) is 0 Å². The standard InChI is InChI=1S/4CH4N.Ti/c4*1-2;/h4*2H,1H3;/q4*-1;+4. The molecule has 56 valence electrons. The molecule has 5 heteroatoms. The molecular formula is C4H16N4Ti. The van der Waals surface area contributed by atoms with Crippen LogP contribution in [-0.4, -0.2) is 28.2 Å². The Hall–Kier alpha value is 0.554. The van der Waals surface area contributed by atoms with Gasteiger partial charge in [-0.2, -0.15) is 28.2 Å². The van der Waals surface area contributed by atoms with Gasteiger partial charge in [0.25, 0.3) is 0 Å². The molecule has 0 saturated carbocycles. The molecule has 0 radical (unpaired) electrons. The zero-order chi connectivity index (χ0) is 8.00. The van der Waals surface area contributed by atoms with Crippen LogP contribution in [0.3, 0.4) is 0 Å². The summed E-state index contributed by atoms with van der Waals surface area (Å²) in [6.45, 7) is 0. The van der Waals surface area contributed by atoms with E-state index in [1.807, 2.05) is 0 Å². The van der Waals surface area contributed by atoms with E-state index < -0.39 is 0 Å². The Balaban J connectivity index is -0.00000000762. The Morgan fingerprint density at radius 2 is 0.444 bits per heavy atom. The summed E-state index contributed by atoms with van der Waals surface area (Å²) in [5, 5.41) is 0. The van der Waals surface area contributed by atoms with Crippen molar-refractivity contribution in [2.24, 2.45) is 0 Å². The van der Waals surface area contributed by atoms with E-state index in [1.54, 1.807) is 0 Å². The second-order valence-electron chi connectivity index (χ2n) is 0. The van der Waals surface area contributed by atoms with E-state index in [2.05, 4.69) is 0 Å². The first kappa shape index (κ1) is 33.7. The predicted octanol–water partition coefficient (Wildman–Crippen LogP) is 2.67. The fraction of sp³-hybridized carbons (Fsp3) is 1.00. The van der Waals surface area contributed by atoms with E-state index in [1.165, 1.54) is 28.2 Å². The second kappa shape index (κ2) is 1590. The van der Waals surface area contributed by atoms with Crippen molar-refractivity contribution >= 4 is 0 Å². The molecule has 4 N–H and O–H groups in total. The molecular weight excluding hydrogens is 152 g/mol. The van der Waals surface area contributed by atoms with E-state index in [4.69, 9.17) is 22.9 Å². The van der Waals surface area contributed by atoms with Crippen LogP contribution >= 0.6 is 0 Å². The van der Waals surface area contributed by atoms with Crippen LogP contribution in [0.5, 0.6) is 0 Å². The minimum Gasteiger partial charge on any atom is -0.680 e. The third kappa shape index (κ3) is 1200. The van der Waals surface area contributed by atoms with Crippen molar-refractivity contribution in [2.75, 3.05) is 28.2 Å². The predicted molar refractivity (Wildman–Crippen MR) is 41.0 cm³/mol. The summed E-state index contributed by atoms with van der Waals surface area (Å²) in [7, 11) is 5.00. The third-order valence-corrected chi connectivity index (χ3v) is 0. The summed E-state index contributed by atoms with van der Waals surface area (Å²) in [6, 6.07) is 0. The van der Waals surface area contributed by atoms with Crippen molar-refractivity contribution in [1.29, 1.82) is 0 Å². The zero-order valence-electron chi connectivity index (χ0n) is 6.50. The maximum Gasteiger partial charge on any atom is 4.00 e. The van der Waals surface area contributed by atoms with Crippen LogP contribution in [0.15, 0.2) is 0 Å². The van der Waals surface area contributed by atoms with Crippen LogP contribution in [0.1, 0.15) is 0 Å². The number of nitrogens with one attached hydrogen (secondary N) is 4. The summed E-state index contributed by atoms with van der Waals surface area (Å²) in [5.41, 5.74) is 23.0. The average molecular weight is 168 g/mol. The first-order valence-electron chi connectivity index (χ1n) is 2.00. The second-order valence-corrected chi connectivity index (χ2v) is 0. The van der Waals surface area contributed by atoms with Crippen LogP contribution in [0.25, 0.3) is 22.9 Å². The Morgan fingerprint density at radius 1 is 0.444 bits per heavy atom. The SMILES string of the molecule is C[NH-].C[NH-].C[NH-].C[NH-].[Ti+4]. The van der Waals surface area contributed by atoms with Crippen molar-refractivity contribution < 1.29 is 21.7 Å².